The summed E-state index contributed by atoms with van der Waals surface area (Å²) in [5.74, 6) is 0. The molecule has 0 amide bonds. The van der Waals surface area contributed by atoms with Gasteiger partial charge >= 0.3 is 0 Å². The summed E-state index contributed by atoms with van der Waals surface area (Å²) < 4.78 is 0. The monoisotopic (exact) mass is 173 g/mol. The fourth-order valence-electron chi connectivity index (χ4n) is 1.46. The third kappa shape index (κ3) is 4.73. The van der Waals surface area contributed by atoms with Gasteiger partial charge in [-0.15, -0.1) is 0 Å². The molecular formula is C10H23NO. The summed E-state index contributed by atoms with van der Waals surface area (Å²) in [6, 6.07) is 0. The molecule has 0 bridgehead atoms. The molecule has 1 fully saturated rings. The number of likely N-dealkylation sites (tertiary alicyclic amines) is 1. The molecular weight excluding hydrogens is 150 g/mol. The number of hydrogen-bond acceptors (Lipinski definition) is 2. The molecule has 0 aromatic carbocycles. The summed E-state index contributed by atoms with van der Waals surface area (Å²) in [6.07, 6.45) is 3.16. The van der Waals surface area contributed by atoms with Gasteiger partial charge in [-0.25, -0.2) is 0 Å². The Hall–Kier alpha value is -0.0800. The minimum atomic E-state index is -0.0203. The molecule has 0 atom stereocenters. The second kappa shape index (κ2) is 7.56. The lowest BCUT2D eigenvalue weighted by Gasteiger charge is -2.28. The Balaban J connectivity index is 0.000000561. The van der Waals surface area contributed by atoms with Gasteiger partial charge in [-0.2, -0.15) is 0 Å². The Morgan fingerprint density at radius 1 is 1.25 bits per heavy atom. The van der Waals surface area contributed by atoms with Gasteiger partial charge in [0.15, 0.2) is 0 Å². The van der Waals surface area contributed by atoms with Gasteiger partial charge in [0.1, 0.15) is 0 Å². The van der Waals surface area contributed by atoms with Crippen molar-refractivity contribution in [2.24, 2.45) is 0 Å². The van der Waals surface area contributed by atoms with E-state index >= 15 is 0 Å². The maximum atomic E-state index is 9.17. The molecule has 0 unspecified atom stereocenters. The maximum Gasteiger partial charge on any atom is 0.0564 e. The molecule has 0 radical (unpaired) electrons. The lowest BCUT2D eigenvalue weighted by atomic mass is 10.1. The summed E-state index contributed by atoms with van der Waals surface area (Å²) >= 11 is 0. The van der Waals surface area contributed by atoms with E-state index in [1.54, 1.807) is 0 Å². The van der Waals surface area contributed by atoms with Gasteiger partial charge in [0.2, 0.25) is 0 Å². The smallest absolute Gasteiger partial charge is 0.0564 e. The van der Waals surface area contributed by atoms with Crippen molar-refractivity contribution < 1.29 is 5.11 Å². The summed E-state index contributed by atoms with van der Waals surface area (Å²) in [5.41, 5.74) is 0. The lowest BCUT2D eigenvalue weighted by molar-refractivity contribution is 0.0827. The quantitative estimate of drug-likeness (QED) is 0.689. The SMILES string of the molecule is CC.CCCN1CCC(O)CC1. The third-order valence-corrected chi connectivity index (χ3v) is 2.10. The fourth-order valence-corrected chi connectivity index (χ4v) is 1.46. The number of rotatable bonds is 2. The van der Waals surface area contributed by atoms with Crippen molar-refractivity contribution in [1.29, 1.82) is 0 Å². The van der Waals surface area contributed by atoms with E-state index in [0.717, 1.165) is 25.9 Å². The van der Waals surface area contributed by atoms with Crippen LogP contribution in [0, 0.1) is 0 Å². The predicted octanol–water partition coefficient (Wildman–Crippen LogP) is 1.88. The average Bonchev–Trinajstić information content (AvgIpc) is 2.13. The third-order valence-electron chi connectivity index (χ3n) is 2.10. The van der Waals surface area contributed by atoms with Crippen molar-refractivity contribution in [2.45, 2.75) is 46.1 Å². The number of hydrogen-bond donors (Lipinski definition) is 1. The van der Waals surface area contributed by atoms with Gasteiger partial charge in [0, 0.05) is 13.1 Å². The molecule has 2 heteroatoms. The van der Waals surface area contributed by atoms with Crippen molar-refractivity contribution in [3.05, 3.63) is 0 Å². The number of aliphatic hydroxyl groups excluding tert-OH is 1. The standard InChI is InChI=1S/C8H17NO.C2H6/c1-2-5-9-6-3-8(10)4-7-9;1-2/h8,10H,2-7H2,1H3;1-2H3. The van der Waals surface area contributed by atoms with Crippen LogP contribution in [0.1, 0.15) is 40.0 Å². The topological polar surface area (TPSA) is 23.5 Å². The van der Waals surface area contributed by atoms with Crippen molar-refractivity contribution in [1.82, 2.24) is 4.90 Å². The van der Waals surface area contributed by atoms with Gasteiger partial charge in [-0.05, 0) is 25.8 Å². The molecule has 0 aromatic rings. The largest absolute Gasteiger partial charge is 0.393 e. The summed E-state index contributed by atoms with van der Waals surface area (Å²) in [6.45, 7) is 9.59. The summed E-state index contributed by atoms with van der Waals surface area (Å²) in [5, 5.41) is 9.17. The minimum Gasteiger partial charge on any atom is -0.393 e. The first-order chi connectivity index (χ1) is 5.83. The van der Waals surface area contributed by atoms with E-state index in [2.05, 4.69) is 11.8 Å². The normalized spacial score (nSPS) is 20.0. The van der Waals surface area contributed by atoms with E-state index in [9.17, 15) is 0 Å². The molecule has 1 saturated heterocycles. The molecule has 12 heavy (non-hydrogen) atoms. The van der Waals surface area contributed by atoms with E-state index in [1.165, 1.54) is 13.0 Å². The van der Waals surface area contributed by atoms with E-state index in [1.807, 2.05) is 13.8 Å². The Bertz CT molecular complexity index is 87.8. The Morgan fingerprint density at radius 3 is 2.17 bits per heavy atom. The van der Waals surface area contributed by atoms with E-state index < -0.39 is 0 Å². The highest BCUT2D eigenvalue weighted by atomic mass is 16.3. The van der Waals surface area contributed by atoms with Crippen LogP contribution in [0.5, 0.6) is 0 Å². The molecule has 0 aliphatic carbocycles. The first-order valence-electron chi connectivity index (χ1n) is 5.23. The molecule has 1 heterocycles. The zero-order valence-corrected chi connectivity index (χ0v) is 8.71. The maximum absolute atomic E-state index is 9.17. The van der Waals surface area contributed by atoms with Crippen LogP contribution in [0.15, 0.2) is 0 Å². The van der Waals surface area contributed by atoms with Gasteiger partial charge in [0.05, 0.1) is 6.10 Å². The Kier molecular flexibility index (Phi) is 7.51. The first-order valence-corrected chi connectivity index (χ1v) is 5.23. The van der Waals surface area contributed by atoms with Crippen LogP contribution in [0.2, 0.25) is 0 Å². The van der Waals surface area contributed by atoms with Crippen LogP contribution in [-0.2, 0) is 0 Å². The highest BCUT2D eigenvalue weighted by Crippen LogP contribution is 2.09. The van der Waals surface area contributed by atoms with Crippen LogP contribution < -0.4 is 0 Å². The first kappa shape index (κ1) is 11.9. The Morgan fingerprint density at radius 2 is 1.75 bits per heavy atom. The van der Waals surface area contributed by atoms with Gasteiger partial charge in [-0.1, -0.05) is 20.8 Å². The van der Waals surface area contributed by atoms with Crippen LogP contribution in [0.25, 0.3) is 0 Å². The van der Waals surface area contributed by atoms with Gasteiger partial charge < -0.3 is 10.0 Å². The number of piperidine rings is 1. The minimum absolute atomic E-state index is 0.0203. The number of nitrogens with zero attached hydrogens (tertiary/aromatic N) is 1. The highest BCUT2D eigenvalue weighted by molar-refractivity contribution is 4.69. The molecule has 0 aromatic heterocycles. The molecule has 2 nitrogen and oxygen atoms in total. The van der Waals surface area contributed by atoms with Crippen LogP contribution in [-0.4, -0.2) is 35.7 Å². The second-order valence-electron chi connectivity index (χ2n) is 3.07. The highest BCUT2D eigenvalue weighted by Gasteiger charge is 2.15. The van der Waals surface area contributed by atoms with E-state index in [0.29, 0.717) is 0 Å². The van der Waals surface area contributed by atoms with Crippen molar-refractivity contribution in [3.8, 4) is 0 Å². The van der Waals surface area contributed by atoms with Gasteiger partial charge in [-0.3, -0.25) is 0 Å². The summed E-state index contributed by atoms with van der Waals surface area (Å²) in [7, 11) is 0. The molecule has 74 valence electrons. The van der Waals surface area contributed by atoms with E-state index in [-0.39, 0.29) is 6.10 Å². The van der Waals surface area contributed by atoms with Gasteiger partial charge in [0.25, 0.3) is 0 Å². The van der Waals surface area contributed by atoms with Crippen LogP contribution in [0.4, 0.5) is 0 Å². The second-order valence-corrected chi connectivity index (χ2v) is 3.07. The van der Waals surface area contributed by atoms with Crippen LogP contribution >= 0.6 is 0 Å². The molecule has 1 aliphatic rings. The average molecular weight is 173 g/mol. The van der Waals surface area contributed by atoms with Crippen molar-refractivity contribution in [3.63, 3.8) is 0 Å². The zero-order valence-electron chi connectivity index (χ0n) is 8.71. The van der Waals surface area contributed by atoms with Crippen LogP contribution in [0.3, 0.4) is 0 Å². The molecule has 1 rings (SSSR count). The fraction of sp³-hybridized carbons (Fsp3) is 1.00. The van der Waals surface area contributed by atoms with E-state index in [4.69, 9.17) is 5.11 Å². The molecule has 1 N–H and O–H groups in total. The number of aliphatic hydroxyl groups is 1. The molecule has 0 spiro atoms. The Labute approximate surface area is 76.6 Å². The summed E-state index contributed by atoms with van der Waals surface area (Å²) in [4.78, 5) is 2.42. The molecule has 1 aliphatic heterocycles. The van der Waals surface area contributed by atoms with Crippen molar-refractivity contribution in [2.75, 3.05) is 19.6 Å². The predicted molar refractivity (Wildman–Crippen MR) is 53.3 cm³/mol. The lowest BCUT2D eigenvalue weighted by Crippen LogP contribution is -2.36. The van der Waals surface area contributed by atoms with Crippen molar-refractivity contribution >= 4 is 0 Å². The molecule has 0 saturated carbocycles. The zero-order chi connectivity index (χ0) is 9.40.